The van der Waals surface area contributed by atoms with Crippen LogP contribution in [0.2, 0.25) is 0 Å². The fraction of sp³-hybridized carbons (Fsp3) is 0.333. The zero-order chi connectivity index (χ0) is 33.0. The molecule has 46 heavy (non-hydrogen) atoms. The smallest absolute Gasteiger partial charge is 0.413 e. The minimum Gasteiger partial charge on any atom is -0.497 e. The Bertz CT molecular complexity index is 1680. The number of β-lactam (4-membered cyclic amide) rings is 1. The summed E-state index contributed by atoms with van der Waals surface area (Å²) in [5.41, 5.74) is 0.808. The molecule has 2 aliphatic rings. The quantitative estimate of drug-likeness (QED) is 0.135. The van der Waals surface area contributed by atoms with Crippen molar-refractivity contribution < 1.29 is 38.2 Å². The van der Waals surface area contributed by atoms with E-state index in [4.69, 9.17) is 19.0 Å². The van der Waals surface area contributed by atoms with E-state index in [9.17, 15) is 19.2 Å². The first-order valence-corrected chi connectivity index (χ1v) is 16.7. The molecule has 13 nitrogen and oxygen atoms in total. The molecule has 0 radical (unpaired) electrons. The summed E-state index contributed by atoms with van der Waals surface area (Å²) in [5.74, 6) is -0.740. The van der Waals surface area contributed by atoms with Crippen molar-refractivity contribution in [3.63, 3.8) is 0 Å². The molecule has 16 heteroatoms. The number of carbonyl (C=O) groups excluding carboxylic acids is 4. The summed E-state index contributed by atoms with van der Waals surface area (Å²) in [6, 6.07) is 9.92. The van der Waals surface area contributed by atoms with Crippen molar-refractivity contribution in [2.75, 3.05) is 25.3 Å². The lowest BCUT2D eigenvalue weighted by atomic mass is 10.0. The molecule has 0 bridgehead atoms. The Morgan fingerprint density at radius 3 is 2.52 bits per heavy atom. The highest BCUT2D eigenvalue weighted by atomic mass is 32.2. The number of benzene rings is 1. The molecule has 2 aliphatic heterocycles. The van der Waals surface area contributed by atoms with E-state index in [1.165, 1.54) is 40.5 Å². The van der Waals surface area contributed by atoms with Crippen LogP contribution in [0.25, 0.3) is 5.57 Å². The second-order valence-corrected chi connectivity index (χ2v) is 13.8. The summed E-state index contributed by atoms with van der Waals surface area (Å²) in [5, 5.41) is 12.1. The van der Waals surface area contributed by atoms with Crippen LogP contribution in [0.5, 0.6) is 5.75 Å². The van der Waals surface area contributed by atoms with Crippen LogP contribution in [0, 0.1) is 0 Å². The molecular formula is C30H31N5O8S3. The van der Waals surface area contributed by atoms with Gasteiger partial charge in [-0.1, -0.05) is 23.4 Å². The van der Waals surface area contributed by atoms with Crippen LogP contribution < -0.4 is 15.4 Å². The molecule has 2 aromatic heterocycles. The average Bonchev–Trinajstić information content (AvgIpc) is 3.72. The number of thioether (sulfide) groups is 1. The van der Waals surface area contributed by atoms with Crippen LogP contribution in [0.4, 0.5) is 9.93 Å². The molecule has 1 fully saturated rings. The number of fused-ring (bicyclic) bond motifs is 1. The number of hydrogen-bond acceptors (Lipinski definition) is 13. The van der Waals surface area contributed by atoms with E-state index >= 15 is 0 Å². The molecule has 0 unspecified atom stereocenters. The fourth-order valence-corrected chi connectivity index (χ4v) is 7.43. The molecule has 0 saturated carbocycles. The van der Waals surface area contributed by atoms with E-state index in [2.05, 4.69) is 20.8 Å². The lowest BCUT2D eigenvalue weighted by molar-refractivity contribution is -0.152. The van der Waals surface area contributed by atoms with Gasteiger partial charge < -0.3 is 24.4 Å². The van der Waals surface area contributed by atoms with Gasteiger partial charge in [0.05, 0.1) is 7.11 Å². The Morgan fingerprint density at radius 1 is 1.11 bits per heavy atom. The van der Waals surface area contributed by atoms with Gasteiger partial charge in [0.15, 0.2) is 10.8 Å². The summed E-state index contributed by atoms with van der Waals surface area (Å²) >= 11 is 3.93. The monoisotopic (exact) mass is 685 g/mol. The van der Waals surface area contributed by atoms with E-state index in [1.807, 2.05) is 17.5 Å². The molecule has 3 aromatic rings. The largest absolute Gasteiger partial charge is 0.497 e. The Morgan fingerprint density at radius 2 is 1.87 bits per heavy atom. The van der Waals surface area contributed by atoms with Crippen molar-refractivity contribution in [1.82, 2.24) is 15.2 Å². The number of thiazole rings is 1. The summed E-state index contributed by atoms with van der Waals surface area (Å²) in [4.78, 5) is 64.0. The maximum absolute atomic E-state index is 13.6. The van der Waals surface area contributed by atoms with E-state index in [-0.39, 0.29) is 28.8 Å². The Hall–Kier alpha value is -4.41. The first-order valence-electron chi connectivity index (χ1n) is 13.9. The van der Waals surface area contributed by atoms with Gasteiger partial charge in [-0.05, 0) is 49.9 Å². The molecule has 2 N–H and O–H groups in total. The van der Waals surface area contributed by atoms with Gasteiger partial charge in [-0.3, -0.25) is 19.8 Å². The number of methoxy groups -OCH3 is 1. The highest BCUT2D eigenvalue weighted by Gasteiger charge is 2.55. The summed E-state index contributed by atoms with van der Waals surface area (Å²) in [6.07, 6.45) is -0.703. The van der Waals surface area contributed by atoms with E-state index in [0.29, 0.717) is 17.1 Å². The minimum atomic E-state index is -0.952. The van der Waals surface area contributed by atoms with Crippen molar-refractivity contribution >= 4 is 74.7 Å². The van der Waals surface area contributed by atoms with Gasteiger partial charge in [0.1, 0.15) is 47.9 Å². The van der Waals surface area contributed by atoms with Crippen LogP contribution in [0.3, 0.4) is 0 Å². The minimum absolute atomic E-state index is 0.000686. The number of oxime groups is 1. The molecule has 4 heterocycles. The maximum Gasteiger partial charge on any atom is 0.413 e. The highest BCUT2D eigenvalue weighted by molar-refractivity contribution is 8.00. The standard InChI is InChI=1S/C30H31N5O8S3/c1-30(2,3)43-29(39)33-28-31-19(15-46-28)21(34-41-5)24(36)32-22-25(37)35-23(18(14-45-26(22)35)20-7-6-12-44-20)27(38)42-13-16-8-10-17(40-4)11-9-16/h6-12,15,22,26H,13-14H2,1-5H3,(H,32,36)(H,31,33,39)/b34-21+/t22-,26-/m1/s1. The predicted molar refractivity (Wildman–Crippen MR) is 175 cm³/mol. The van der Waals surface area contributed by atoms with Crippen LogP contribution in [0.1, 0.15) is 36.9 Å². The predicted octanol–water partition coefficient (Wildman–Crippen LogP) is 4.47. The second kappa shape index (κ2) is 13.9. The number of carbonyl (C=O) groups is 4. The summed E-state index contributed by atoms with van der Waals surface area (Å²) < 4.78 is 16.1. The number of amides is 3. The number of esters is 1. The molecule has 242 valence electrons. The highest BCUT2D eigenvalue weighted by Crippen LogP contribution is 2.44. The zero-order valence-electron chi connectivity index (χ0n) is 25.5. The van der Waals surface area contributed by atoms with Gasteiger partial charge in [0.2, 0.25) is 0 Å². The number of nitrogens with zero attached hydrogens (tertiary/aromatic N) is 3. The molecular weight excluding hydrogens is 655 g/mol. The molecule has 1 aromatic carbocycles. The molecule has 5 rings (SSSR count). The van der Waals surface area contributed by atoms with Gasteiger partial charge >= 0.3 is 12.1 Å². The number of thiophene rings is 1. The van der Waals surface area contributed by atoms with E-state index in [1.54, 1.807) is 52.1 Å². The van der Waals surface area contributed by atoms with Gasteiger partial charge in [-0.25, -0.2) is 14.6 Å². The zero-order valence-corrected chi connectivity index (χ0v) is 28.0. The maximum atomic E-state index is 13.6. The second-order valence-electron chi connectivity index (χ2n) is 10.9. The third kappa shape index (κ3) is 7.35. The Kier molecular flexibility index (Phi) is 9.98. The molecule has 0 spiro atoms. The van der Waals surface area contributed by atoms with Crippen LogP contribution in [-0.4, -0.2) is 76.5 Å². The third-order valence-electron chi connectivity index (χ3n) is 6.55. The van der Waals surface area contributed by atoms with Crippen LogP contribution in [0.15, 0.2) is 58.0 Å². The number of hydrogen-bond donors (Lipinski definition) is 2. The van der Waals surface area contributed by atoms with Gasteiger partial charge in [-0.2, -0.15) is 0 Å². The van der Waals surface area contributed by atoms with Crippen molar-refractivity contribution in [2.45, 2.75) is 44.4 Å². The number of rotatable bonds is 10. The van der Waals surface area contributed by atoms with Crippen LogP contribution in [-0.2, 0) is 35.3 Å². The van der Waals surface area contributed by atoms with E-state index < -0.39 is 40.9 Å². The summed E-state index contributed by atoms with van der Waals surface area (Å²) in [6.45, 7) is 5.19. The Balaban J connectivity index is 1.30. The number of aromatic nitrogens is 1. The number of anilines is 1. The molecule has 3 amide bonds. The average molecular weight is 686 g/mol. The van der Waals surface area contributed by atoms with E-state index in [0.717, 1.165) is 21.8 Å². The van der Waals surface area contributed by atoms with Crippen molar-refractivity contribution in [2.24, 2.45) is 5.16 Å². The van der Waals surface area contributed by atoms with Gasteiger partial charge in [0, 0.05) is 21.6 Å². The topological polar surface area (TPSA) is 158 Å². The van der Waals surface area contributed by atoms with Crippen molar-refractivity contribution in [3.8, 4) is 5.75 Å². The van der Waals surface area contributed by atoms with Crippen LogP contribution >= 0.6 is 34.4 Å². The lowest BCUT2D eigenvalue weighted by Gasteiger charge is -2.49. The molecule has 0 aliphatic carbocycles. The fourth-order valence-electron chi connectivity index (χ4n) is 4.52. The Labute approximate surface area is 276 Å². The first kappa shape index (κ1) is 33.0. The normalized spacial score (nSPS) is 17.9. The number of ether oxygens (including phenoxy) is 3. The first-order chi connectivity index (χ1) is 22.0. The van der Waals surface area contributed by atoms with Crippen molar-refractivity contribution in [1.29, 1.82) is 0 Å². The summed E-state index contributed by atoms with van der Waals surface area (Å²) in [7, 11) is 2.84. The molecule has 1 saturated heterocycles. The third-order valence-corrected chi connectivity index (χ3v) is 9.52. The molecule has 2 atom stereocenters. The lowest BCUT2D eigenvalue weighted by Crippen LogP contribution is -2.71. The van der Waals surface area contributed by atoms with Gasteiger partial charge in [0.25, 0.3) is 11.8 Å². The SMILES string of the molecule is CO/N=C(/C(=O)N[C@@H]1C(=O)N2C(C(=O)OCc3ccc(OC)cc3)=C(c3cccs3)CS[C@H]12)c1csc(NC(=O)OC(C)(C)C)n1. The number of nitrogens with one attached hydrogen (secondary N) is 2. The van der Waals surface area contributed by atoms with Gasteiger partial charge in [-0.15, -0.1) is 34.4 Å². The van der Waals surface area contributed by atoms with Crippen molar-refractivity contribution in [3.05, 3.63) is 69.0 Å².